The van der Waals surface area contributed by atoms with Gasteiger partial charge in [0.2, 0.25) is 0 Å². The molecule has 0 saturated carbocycles. The summed E-state index contributed by atoms with van der Waals surface area (Å²) in [5.74, 6) is -0.756. The second kappa shape index (κ2) is 6.86. The Morgan fingerprint density at radius 1 is 1.11 bits per heavy atom. The molecule has 0 bridgehead atoms. The van der Waals surface area contributed by atoms with E-state index in [9.17, 15) is 9.59 Å². The smallest absolute Gasteiger partial charge is 0.348 e. The molecule has 5 heteroatoms. The number of esters is 2. The summed E-state index contributed by atoms with van der Waals surface area (Å²) >= 11 is 1.20. The Hall–Kier alpha value is -1.75. The quantitative estimate of drug-likeness (QED) is 0.363. The number of rotatable bonds is 4. The molecule has 0 heterocycles. The molecule has 0 aromatic heterocycles. The molecule has 0 aliphatic carbocycles. The van der Waals surface area contributed by atoms with E-state index in [1.165, 1.54) is 25.8 Å². The second-order valence-electron chi connectivity index (χ2n) is 3.39. The average Bonchev–Trinajstić information content (AvgIpc) is 2.35. The van der Waals surface area contributed by atoms with Gasteiger partial charge in [0.05, 0.1) is 7.11 Å². The number of ether oxygens (including phenoxy) is 2. The van der Waals surface area contributed by atoms with E-state index >= 15 is 0 Å². The van der Waals surface area contributed by atoms with Gasteiger partial charge in [0.1, 0.15) is 10.7 Å². The molecule has 18 heavy (non-hydrogen) atoms. The third-order valence-electron chi connectivity index (χ3n) is 1.95. The Balaban J connectivity index is 2.99. The Morgan fingerprint density at radius 2 is 1.72 bits per heavy atom. The van der Waals surface area contributed by atoms with Crippen LogP contribution in [0.15, 0.2) is 45.9 Å². The first kappa shape index (κ1) is 14.3. The number of carbonyl (C=O) groups excluding carboxylic acids is 2. The molecule has 0 N–H and O–H groups in total. The lowest BCUT2D eigenvalue weighted by Crippen LogP contribution is -2.07. The summed E-state index contributed by atoms with van der Waals surface area (Å²) in [7, 11) is 1.29. The normalized spacial score (nSPS) is 11.5. The summed E-state index contributed by atoms with van der Waals surface area (Å²) in [4.78, 5) is 23.7. The van der Waals surface area contributed by atoms with Gasteiger partial charge in [-0.1, -0.05) is 30.0 Å². The number of allylic oxidation sites excluding steroid dienone is 1. The third-order valence-corrected chi connectivity index (χ3v) is 3.12. The van der Waals surface area contributed by atoms with Gasteiger partial charge in [0.25, 0.3) is 0 Å². The van der Waals surface area contributed by atoms with E-state index in [4.69, 9.17) is 4.74 Å². The van der Waals surface area contributed by atoms with Crippen LogP contribution in [0.25, 0.3) is 0 Å². The summed E-state index contributed by atoms with van der Waals surface area (Å²) in [6, 6.07) is 9.31. The van der Waals surface area contributed by atoms with E-state index in [2.05, 4.69) is 4.74 Å². The molecular weight excluding hydrogens is 252 g/mol. The van der Waals surface area contributed by atoms with Gasteiger partial charge in [-0.25, -0.2) is 4.79 Å². The molecule has 0 saturated heterocycles. The van der Waals surface area contributed by atoms with Crippen LogP contribution >= 0.6 is 11.8 Å². The molecule has 0 amide bonds. The number of benzene rings is 1. The fraction of sp³-hybridized carbons (Fsp3) is 0.231. The van der Waals surface area contributed by atoms with Gasteiger partial charge in [-0.05, 0) is 19.1 Å². The Kier molecular flexibility index (Phi) is 5.45. The molecule has 0 atom stereocenters. The van der Waals surface area contributed by atoms with Gasteiger partial charge in [-0.3, -0.25) is 4.79 Å². The van der Waals surface area contributed by atoms with Crippen molar-refractivity contribution in [1.82, 2.24) is 0 Å². The lowest BCUT2D eigenvalue weighted by molar-refractivity contribution is -0.137. The summed E-state index contributed by atoms with van der Waals surface area (Å²) in [5.41, 5.74) is 0. The molecule has 0 fully saturated rings. The van der Waals surface area contributed by atoms with E-state index in [0.29, 0.717) is 0 Å². The highest BCUT2D eigenvalue weighted by molar-refractivity contribution is 8.04. The Morgan fingerprint density at radius 3 is 2.22 bits per heavy atom. The number of hydrogen-bond acceptors (Lipinski definition) is 5. The zero-order valence-corrected chi connectivity index (χ0v) is 11.2. The second-order valence-corrected chi connectivity index (χ2v) is 4.47. The molecular formula is C13H14O4S. The molecule has 0 aliphatic rings. The van der Waals surface area contributed by atoms with Crippen molar-refractivity contribution >= 4 is 23.7 Å². The van der Waals surface area contributed by atoms with Crippen LogP contribution in [0.5, 0.6) is 0 Å². The van der Waals surface area contributed by atoms with Crippen LogP contribution in [0.2, 0.25) is 0 Å². The van der Waals surface area contributed by atoms with E-state index in [1.807, 2.05) is 30.3 Å². The van der Waals surface area contributed by atoms with Gasteiger partial charge in [-0.15, -0.1) is 0 Å². The van der Waals surface area contributed by atoms with Crippen LogP contribution in [0.4, 0.5) is 0 Å². The van der Waals surface area contributed by atoms with Crippen molar-refractivity contribution in [2.45, 2.75) is 18.7 Å². The first-order valence-electron chi connectivity index (χ1n) is 5.25. The van der Waals surface area contributed by atoms with Gasteiger partial charge >= 0.3 is 11.9 Å². The Bertz CT molecular complexity index is 465. The van der Waals surface area contributed by atoms with E-state index in [1.54, 1.807) is 6.92 Å². The maximum absolute atomic E-state index is 11.6. The van der Waals surface area contributed by atoms with E-state index in [0.717, 1.165) is 4.90 Å². The van der Waals surface area contributed by atoms with Crippen molar-refractivity contribution in [1.29, 1.82) is 0 Å². The minimum absolute atomic E-state index is 0.239. The SMILES string of the molecule is COC(=O)/C(Sc1ccccc1)=C(/C)OC(C)=O. The largest absolute Gasteiger partial charge is 0.465 e. The van der Waals surface area contributed by atoms with Gasteiger partial charge in [-0.2, -0.15) is 0 Å². The van der Waals surface area contributed by atoms with Crippen molar-refractivity contribution in [3.8, 4) is 0 Å². The molecule has 96 valence electrons. The zero-order valence-electron chi connectivity index (χ0n) is 10.4. The molecule has 1 aromatic carbocycles. The summed E-state index contributed by atoms with van der Waals surface area (Å²) in [5, 5.41) is 0. The fourth-order valence-electron chi connectivity index (χ4n) is 1.22. The number of carbonyl (C=O) groups is 2. The summed E-state index contributed by atoms with van der Waals surface area (Å²) in [6.07, 6.45) is 0. The van der Waals surface area contributed by atoms with Crippen LogP contribution in [-0.2, 0) is 19.1 Å². The first-order chi connectivity index (χ1) is 8.54. The standard InChI is InChI=1S/C13H14O4S/c1-9(17-10(2)14)12(13(15)16-3)18-11-7-5-4-6-8-11/h4-8H,1-3H3/b12-9+. The van der Waals surface area contributed by atoms with Crippen molar-refractivity contribution in [2.24, 2.45) is 0 Å². The molecule has 0 aliphatic heterocycles. The molecule has 0 unspecified atom stereocenters. The molecule has 1 aromatic rings. The van der Waals surface area contributed by atoms with E-state index in [-0.39, 0.29) is 10.7 Å². The van der Waals surface area contributed by atoms with Gasteiger partial charge in [0.15, 0.2) is 0 Å². The third kappa shape index (κ3) is 4.25. The molecule has 1 rings (SSSR count). The number of hydrogen-bond donors (Lipinski definition) is 0. The van der Waals surface area contributed by atoms with Crippen LogP contribution in [0, 0.1) is 0 Å². The van der Waals surface area contributed by atoms with Gasteiger partial charge < -0.3 is 9.47 Å². The monoisotopic (exact) mass is 266 g/mol. The maximum Gasteiger partial charge on any atom is 0.348 e. The predicted octanol–water partition coefficient (Wildman–Crippen LogP) is 2.75. The average molecular weight is 266 g/mol. The molecule has 0 radical (unpaired) electrons. The van der Waals surface area contributed by atoms with Gasteiger partial charge in [0, 0.05) is 11.8 Å². The minimum Gasteiger partial charge on any atom is -0.465 e. The van der Waals surface area contributed by atoms with Crippen molar-refractivity contribution in [3.63, 3.8) is 0 Å². The maximum atomic E-state index is 11.6. The topological polar surface area (TPSA) is 52.6 Å². The number of thioether (sulfide) groups is 1. The molecule has 0 spiro atoms. The first-order valence-corrected chi connectivity index (χ1v) is 6.06. The van der Waals surface area contributed by atoms with Crippen molar-refractivity contribution < 1.29 is 19.1 Å². The summed E-state index contributed by atoms with van der Waals surface area (Å²) < 4.78 is 9.60. The number of methoxy groups -OCH3 is 1. The zero-order chi connectivity index (χ0) is 13.5. The van der Waals surface area contributed by atoms with Crippen LogP contribution in [-0.4, -0.2) is 19.0 Å². The summed E-state index contributed by atoms with van der Waals surface area (Å²) in [6.45, 7) is 2.84. The Labute approximate surface area is 110 Å². The van der Waals surface area contributed by atoms with Crippen molar-refractivity contribution in [3.05, 3.63) is 41.0 Å². The predicted molar refractivity (Wildman–Crippen MR) is 68.8 cm³/mol. The fourth-order valence-corrected chi connectivity index (χ4v) is 2.10. The van der Waals surface area contributed by atoms with Crippen LogP contribution in [0.1, 0.15) is 13.8 Å². The lowest BCUT2D eigenvalue weighted by Gasteiger charge is -2.09. The highest BCUT2D eigenvalue weighted by atomic mass is 32.2. The lowest BCUT2D eigenvalue weighted by atomic mass is 10.4. The van der Waals surface area contributed by atoms with E-state index < -0.39 is 11.9 Å². The minimum atomic E-state index is -0.525. The van der Waals surface area contributed by atoms with Crippen LogP contribution < -0.4 is 0 Å². The van der Waals surface area contributed by atoms with Crippen LogP contribution in [0.3, 0.4) is 0 Å². The molecule has 4 nitrogen and oxygen atoms in total. The highest BCUT2D eigenvalue weighted by Gasteiger charge is 2.17. The van der Waals surface area contributed by atoms with Crippen molar-refractivity contribution in [2.75, 3.05) is 7.11 Å². The highest BCUT2D eigenvalue weighted by Crippen LogP contribution is 2.30.